The molecular weight excluding hydrogens is 216 g/mol. The first-order valence-electron chi connectivity index (χ1n) is 5.61. The Bertz CT molecular complexity index is 468. The molecule has 17 heavy (non-hydrogen) atoms. The van der Waals surface area contributed by atoms with Gasteiger partial charge in [-0.3, -0.25) is 15.3 Å². The van der Waals surface area contributed by atoms with E-state index < -0.39 is 0 Å². The average Bonchev–Trinajstić information content (AvgIpc) is 2.77. The normalized spacial score (nSPS) is 14.5. The highest BCUT2D eigenvalue weighted by Gasteiger charge is 2.15. The van der Waals surface area contributed by atoms with Crippen molar-refractivity contribution in [3.8, 4) is 0 Å². The van der Waals surface area contributed by atoms with E-state index in [-0.39, 0.29) is 12.1 Å². The van der Waals surface area contributed by atoms with Crippen molar-refractivity contribution < 1.29 is 4.42 Å². The standard InChI is InChI=1S/C12H16N4O/c1-8-6-15-12(17-8)10(3)16-9(2)11-7-13-4-5-14-11/h4-7,9-10,16H,1-3H3. The van der Waals surface area contributed by atoms with E-state index in [0.717, 1.165) is 11.5 Å². The lowest BCUT2D eigenvalue weighted by atomic mass is 10.2. The van der Waals surface area contributed by atoms with Gasteiger partial charge in [-0.05, 0) is 20.8 Å². The molecule has 90 valence electrons. The van der Waals surface area contributed by atoms with Gasteiger partial charge >= 0.3 is 0 Å². The van der Waals surface area contributed by atoms with Crippen LogP contribution < -0.4 is 5.32 Å². The Hall–Kier alpha value is -1.75. The number of oxazole rings is 1. The Kier molecular flexibility index (Phi) is 3.49. The molecule has 0 spiro atoms. The van der Waals surface area contributed by atoms with E-state index in [9.17, 15) is 0 Å². The quantitative estimate of drug-likeness (QED) is 0.875. The first-order chi connectivity index (χ1) is 8.16. The molecule has 0 saturated carbocycles. The molecule has 0 bridgehead atoms. The van der Waals surface area contributed by atoms with Crippen molar-refractivity contribution in [2.45, 2.75) is 32.9 Å². The van der Waals surface area contributed by atoms with Crippen LogP contribution in [0.5, 0.6) is 0 Å². The number of aryl methyl sites for hydroxylation is 1. The lowest BCUT2D eigenvalue weighted by Gasteiger charge is -2.16. The molecule has 0 aliphatic heterocycles. The lowest BCUT2D eigenvalue weighted by Crippen LogP contribution is -2.23. The van der Waals surface area contributed by atoms with Gasteiger partial charge in [0.05, 0.1) is 17.9 Å². The molecule has 0 aliphatic carbocycles. The van der Waals surface area contributed by atoms with Crippen LogP contribution in [0.4, 0.5) is 0 Å². The number of aromatic nitrogens is 3. The number of nitrogens with zero attached hydrogens (tertiary/aromatic N) is 3. The maximum Gasteiger partial charge on any atom is 0.211 e. The van der Waals surface area contributed by atoms with Gasteiger partial charge in [0.2, 0.25) is 5.89 Å². The molecule has 5 nitrogen and oxygen atoms in total. The molecule has 2 atom stereocenters. The van der Waals surface area contributed by atoms with Crippen molar-refractivity contribution in [1.82, 2.24) is 20.3 Å². The van der Waals surface area contributed by atoms with Gasteiger partial charge in [-0.25, -0.2) is 4.98 Å². The van der Waals surface area contributed by atoms with Crippen LogP contribution in [0.25, 0.3) is 0 Å². The first kappa shape index (κ1) is 11.7. The van der Waals surface area contributed by atoms with E-state index in [0.29, 0.717) is 5.89 Å². The number of hydrogen-bond acceptors (Lipinski definition) is 5. The number of nitrogens with one attached hydrogen (secondary N) is 1. The van der Waals surface area contributed by atoms with Crippen LogP contribution in [-0.4, -0.2) is 15.0 Å². The maximum atomic E-state index is 5.47. The molecule has 2 aromatic heterocycles. The van der Waals surface area contributed by atoms with Crippen LogP contribution in [0.1, 0.15) is 43.3 Å². The summed E-state index contributed by atoms with van der Waals surface area (Å²) >= 11 is 0. The zero-order valence-corrected chi connectivity index (χ0v) is 10.2. The van der Waals surface area contributed by atoms with E-state index in [1.807, 2.05) is 20.8 Å². The molecule has 1 N–H and O–H groups in total. The Labute approximate surface area is 100 Å². The lowest BCUT2D eigenvalue weighted by molar-refractivity contribution is 0.377. The highest BCUT2D eigenvalue weighted by atomic mass is 16.4. The second-order valence-corrected chi connectivity index (χ2v) is 4.05. The largest absolute Gasteiger partial charge is 0.444 e. The van der Waals surface area contributed by atoms with Crippen molar-refractivity contribution in [3.63, 3.8) is 0 Å². The zero-order chi connectivity index (χ0) is 12.3. The first-order valence-corrected chi connectivity index (χ1v) is 5.61. The topological polar surface area (TPSA) is 63.8 Å². The van der Waals surface area contributed by atoms with Crippen LogP contribution in [0.2, 0.25) is 0 Å². The third-order valence-electron chi connectivity index (χ3n) is 2.54. The van der Waals surface area contributed by atoms with Gasteiger partial charge in [0.1, 0.15) is 5.76 Å². The fourth-order valence-electron chi connectivity index (χ4n) is 1.64. The highest BCUT2D eigenvalue weighted by Crippen LogP contribution is 2.17. The molecule has 0 aliphatic rings. The summed E-state index contributed by atoms with van der Waals surface area (Å²) in [7, 11) is 0. The second-order valence-electron chi connectivity index (χ2n) is 4.05. The van der Waals surface area contributed by atoms with Crippen molar-refractivity contribution in [3.05, 3.63) is 42.1 Å². The van der Waals surface area contributed by atoms with Gasteiger partial charge in [-0.15, -0.1) is 0 Å². The van der Waals surface area contributed by atoms with Crippen molar-refractivity contribution in [1.29, 1.82) is 0 Å². The Morgan fingerprint density at radius 2 is 1.94 bits per heavy atom. The van der Waals surface area contributed by atoms with E-state index in [1.165, 1.54) is 0 Å². The van der Waals surface area contributed by atoms with Gasteiger partial charge in [0.25, 0.3) is 0 Å². The zero-order valence-electron chi connectivity index (χ0n) is 10.2. The SMILES string of the molecule is Cc1cnc(C(C)NC(C)c2cnccn2)o1. The van der Waals surface area contributed by atoms with E-state index >= 15 is 0 Å². The van der Waals surface area contributed by atoms with E-state index in [4.69, 9.17) is 4.42 Å². The molecule has 0 saturated heterocycles. The third-order valence-corrected chi connectivity index (χ3v) is 2.54. The summed E-state index contributed by atoms with van der Waals surface area (Å²) in [4.78, 5) is 12.5. The Morgan fingerprint density at radius 1 is 1.12 bits per heavy atom. The van der Waals surface area contributed by atoms with Crippen molar-refractivity contribution in [2.75, 3.05) is 0 Å². The summed E-state index contributed by atoms with van der Waals surface area (Å²) in [6.45, 7) is 5.93. The summed E-state index contributed by atoms with van der Waals surface area (Å²) in [6.07, 6.45) is 6.83. The molecule has 2 aromatic rings. The van der Waals surface area contributed by atoms with Gasteiger partial charge < -0.3 is 4.42 Å². The van der Waals surface area contributed by atoms with Crippen molar-refractivity contribution >= 4 is 0 Å². The minimum Gasteiger partial charge on any atom is -0.444 e. The summed E-state index contributed by atoms with van der Waals surface area (Å²) in [5.74, 6) is 1.51. The number of hydrogen-bond donors (Lipinski definition) is 1. The molecule has 2 heterocycles. The fourth-order valence-corrected chi connectivity index (χ4v) is 1.64. The van der Waals surface area contributed by atoms with E-state index in [2.05, 4.69) is 20.3 Å². The second kappa shape index (κ2) is 5.05. The minimum absolute atomic E-state index is 0.0423. The summed E-state index contributed by atoms with van der Waals surface area (Å²) in [5, 5.41) is 3.37. The van der Waals surface area contributed by atoms with Crippen LogP contribution in [-0.2, 0) is 0 Å². The smallest absolute Gasteiger partial charge is 0.211 e. The molecule has 0 radical (unpaired) electrons. The maximum absolute atomic E-state index is 5.47. The summed E-state index contributed by atoms with van der Waals surface area (Å²) in [6, 6.07) is 0.145. The third kappa shape index (κ3) is 2.88. The van der Waals surface area contributed by atoms with Crippen LogP contribution >= 0.6 is 0 Å². The average molecular weight is 232 g/mol. The Balaban J connectivity index is 2.02. The van der Waals surface area contributed by atoms with Crippen LogP contribution in [0.3, 0.4) is 0 Å². The molecule has 5 heteroatoms. The molecule has 2 rings (SSSR count). The highest BCUT2D eigenvalue weighted by molar-refractivity contribution is 5.03. The van der Waals surface area contributed by atoms with Gasteiger partial charge in [0.15, 0.2) is 0 Å². The monoisotopic (exact) mass is 232 g/mol. The minimum atomic E-state index is 0.0423. The summed E-state index contributed by atoms with van der Waals surface area (Å²) < 4.78 is 5.47. The molecule has 2 unspecified atom stereocenters. The molecule has 0 fully saturated rings. The predicted octanol–water partition coefficient (Wildman–Crippen LogP) is 2.18. The fraction of sp³-hybridized carbons (Fsp3) is 0.417. The molecule has 0 amide bonds. The predicted molar refractivity (Wildman–Crippen MR) is 63.2 cm³/mol. The van der Waals surface area contributed by atoms with Crippen molar-refractivity contribution in [2.24, 2.45) is 0 Å². The van der Waals surface area contributed by atoms with Gasteiger partial charge in [0, 0.05) is 24.6 Å². The van der Waals surface area contributed by atoms with E-state index in [1.54, 1.807) is 24.8 Å². The summed E-state index contributed by atoms with van der Waals surface area (Å²) in [5.41, 5.74) is 0.905. The van der Waals surface area contributed by atoms with Gasteiger partial charge in [-0.1, -0.05) is 0 Å². The van der Waals surface area contributed by atoms with Gasteiger partial charge in [-0.2, -0.15) is 0 Å². The number of rotatable bonds is 4. The van der Waals surface area contributed by atoms with Crippen LogP contribution in [0.15, 0.2) is 29.2 Å². The molecule has 0 aromatic carbocycles. The molecular formula is C12H16N4O. The van der Waals surface area contributed by atoms with Crippen LogP contribution in [0, 0.1) is 6.92 Å². The Morgan fingerprint density at radius 3 is 2.53 bits per heavy atom.